The molecule has 0 saturated carbocycles. The summed E-state index contributed by atoms with van der Waals surface area (Å²) in [7, 11) is 0. The van der Waals surface area contributed by atoms with Gasteiger partial charge in [0, 0.05) is 16.5 Å². The van der Waals surface area contributed by atoms with Gasteiger partial charge in [-0.2, -0.15) is 0 Å². The van der Waals surface area contributed by atoms with Crippen LogP contribution in [0.3, 0.4) is 0 Å². The molecule has 1 aromatic carbocycles. The Kier molecular flexibility index (Phi) is 3.10. The van der Waals surface area contributed by atoms with Gasteiger partial charge < -0.3 is 0 Å². The van der Waals surface area contributed by atoms with Crippen LogP contribution in [0.5, 0.6) is 0 Å². The number of carbonyl (C=O) groups excluding carboxylic acids is 2. The number of benzene rings is 1. The van der Waals surface area contributed by atoms with Crippen molar-refractivity contribution in [1.29, 1.82) is 0 Å². The lowest BCUT2D eigenvalue weighted by molar-refractivity contribution is 0.0990. The smallest absolute Gasteiger partial charge is 0.197 e. The van der Waals surface area contributed by atoms with Gasteiger partial charge in [-0.05, 0) is 17.5 Å². The minimum Gasteiger partial charge on any atom is -0.288 e. The molecule has 1 aliphatic rings. The maximum absolute atomic E-state index is 12.3. The second kappa shape index (κ2) is 5.12. The molecule has 3 nitrogen and oxygen atoms in total. The summed E-state index contributed by atoms with van der Waals surface area (Å²) in [5.74, 6) is -0.433. The van der Waals surface area contributed by atoms with Crippen LogP contribution >= 0.6 is 22.7 Å². The standard InChI is InChI=1S/C17H9NO2S2/c19-15-11-4-1-2-5-12(11)16(20)13(15)8-10-9-22-17(18-10)14-6-3-7-21-14/h1-9H. The molecule has 4 rings (SSSR count). The predicted octanol–water partition coefficient (Wildman–Crippen LogP) is 4.33. The number of rotatable bonds is 2. The van der Waals surface area contributed by atoms with Gasteiger partial charge in [0.2, 0.25) is 0 Å². The van der Waals surface area contributed by atoms with Crippen LogP contribution < -0.4 is 0 Å². The molecule has 0 radical (unpaired) electrons. The summed E-state index contributed by atoms with van der Waals surface area (Å²) >= 11 is 3.13. The first-order valence-electron chi connectivity index (χ1n) is 6.63. The van der Waals surface area contributed by atoms with E-state index in [2.05, 4.69) is 4.98 Å². The Morgan fingerprint density at radius 3 is 2.27 bits per heavy atom. The average Bonchev–Trinajstić information content (AvgIpc) is 3.25. The number of hydrogen-bond donors (Lipinski definition) is 0. The SMILES string of the molecule is O=C1C(=Cc2csc(-c3cccs3)n2)C(=O)c2ccccc21. The number of thiophene rings is 1. The highest BCUT2D eigenvalue weighted by atomic mass is 32.1. The van der Waals surface area contributed by atoms with E-state index in [1.807, 2.05) is 22.9 Å². The zero-order valence-electron chi connectivity index (χ0n) is 11.3. The first-order valence-corrected chi connectivity index (χ1v) is 8.39. The maximum atomic E-state index is 12.3. The van der Waals surface area contributed by atoms with Crippen molar-refractivity contribution in [3.05, 3.63) is 69.6 Å². The number of aromatic nitrogens is 1. The fourth-order valence-corrected chi connectivity index (χ4v) is 4.01. The summed E-state index contributed by atoms with van der Waals surface area (Å²) in [6, 6.07) is 10.9. The van der Waals surface area contributed by atoms with E-state index < -0.39 is 0 Å². The monoisotopic (exact) mass is 323 g/mol. The minimum atomic E-state index is -0.216. The van der Waals surface area contributed by atoms with Gasteiger partial charge in [0.15, 0.2) is 11.6 Å². The first kappa shape index (κ1) is 13.3. The normalized spacial score (nSPS) is 13.5. The van der Waals surface area contributed by atoms with E-state index in [0.29, 0.717) is 16.8 Å². The van der Waals surface area contributed by atoms with Crippen LogP contribution in [0.1, 0.15) is 26.4 Å². The predicted molar refractivity (Wildman–Crippen MR) is 88.5 cm³/mol. The lowest BCUT2D eigenvalue weighted by Crippen LogP contribution is -2.00. The summed E-state index contributed by atoms with van der Waals surface area (Å²) in [5.41, 5.74) is 1.81. The molecule has 0 saturated heterocycles. The summed E-state index contributed by atoms with van der Waals surface area (Å²) in [6.45, 7) is 0. The molecule has 22 heavy (non-hydrogen) atoms. The fourth-order valence-electron chi connectivity index (χ4n) is 2.42. The third-order valence-corrected chi connectivity index (χ3v) is 5.35. The summed E-state index contributed by atoms with van der Waals surface area (Å²) in [6.07, 6.45) is 1.60. The number of nitrogens with zero attached hydrogens (tertiary/aromatic N) is 1. The highest BCUT2D eigenvalue weighted by molar-refractivity contribution is 7.20. The first-order chi connectivity index (χ1) is 10.7. The molecule has 0 atom stereocenters. The molecule has 1 aliphatic carbocycles. The second-order valence-corrected chi connectivity index (χ2v) is 6.62. The van der Waals surface area contributed by atoms with Gasteiger partial charge in [0.25, 0.3) is 0 Å². The summed E-state index contributed by atoms with van der Waals surface area (Å²) in [5, 5.41) is 4.76. The van der Waals surface area contributed by atoms with Crippen molar-refractivity contribution >= 4 is 40.3 Å². The Hall–Kier alpha value is -2.37. The number of allylic oxidation sites excluding steroid dienone is 1. The van der Waals surface area contributed by atoms with E-state index in [1.165, 1.54) is 11.3 Å². The molecule has 2 aromatic heterocycles. The third-order valence-electron chi connectivity index (χ3n) is 3.45. The van der Waals surface area contributed by atoms with Gasteiger partial charge in [0.1, 0.15) is 5.01 Å². The zero-order chi connectivity index (χ0) is 15.1. The van der Waals surface area contributed by atoms with E-state index >= 15 is 0 Å². The maximum Gasteiger partial charge on any atom is 0.197 e. The lowest BCUT2D eigenvalue weighted by atomic mass is 10.1. The number of ketones is 2. The highest BCUT2D eigenvalue weighted by Crippen LogP contribution is 2.31. The van der Waals surface area contributed by atoms with Crippen LogP contribution in [0.4, 0.5) is 0 Å². The number of carbonyl (C=O) groups is 2. The summed E-state index contributed by atoms with van der Waals surface area (Å²) in [4.78, 5) is 30.3. The molecule has 3 aromatic rings. The van der Waals surface area contributed by atoms with Crippen LogP contribution in [0, 0.1) is 0 Å². The van der Waals surface area contributed by atoms with Crippen molar-refractivity contribution in [2.45, 2.75) is 0 Å². The van der Waals surface area contributed by atoms with Crippen molar-refractivity contribution < 1.29 is 9.59 Å². The Morgan fingerprint density at radius 1 is 0.909 bits per heavy atom. The molecular weight excluding hydrogens is 314 g/mol. The van der Waals surface area contributed by atoms with Gasteiger partial charge in [0.05, 0.1) is 16.1 Å². The highest BCUT2D eigenvalue weighted by Gasteiger charge is 2.32. The molecule has 0 unspecified atom stereocenters. The average molecular weight is 323 g/mol. The molecule has 0 aliphatic heterocycles. The minimum absolute atomic E-state index is 0.198. The van der Waals surface area contributed by atoms with Crippen LogP contribution in [0.25, 0.3) is 16.0 Å². The molecule has 5 heteroatoms. The molecule has 0 amide bonds. The molecule has 0 spiro atoms. The zero-order valence-corrected chi connectivity index (χ0v) is 12.9. The molecule has 106 valence electrons. The van der Waals surface area contributed by atoms with Crippen LogP contribution in [0.15, 0.2) is 52.7 Å². The number of Topliss-reactive ketones (excluding diaryl/α,β-unsaturated/α-hetero) is 2. The second-order valence-electron chi connectivity index (χ2n) is 4.82. The molecule has 0 bridgehead atoms. The van der Waals surface area contributed by atoms with E-state index in [0.717, 1.165) is 9.88 Å². The number of hydrogen-bond acceptors (Lipinski definition) is 5. The Labute approximate surface area is 134 Å². The number of thiazole rings is 1. The van der Waals surface area contributed by atoms with Crippen LogP contribution in [-0.4, -0.2) is 16.6 Å². The fraction of sp³-hybridized carbons (Fsp3) is 0. The van der Waals surface area contributed by atoms with Crippen LogP contribution in [-0.2, 0) is 0 Å². The Balaban J connectivity index is 1.73. The lowest BCUT2D eigenvalue weighted by Gasteiger charge is -1.91. The topological polar surface area (TPSA) is 47.0 Å². The van der Waals surface area contributed by atoms with Gasteiger partial charge >= 0.3 is 0 Å². The molecular formula is C17H9NO2S2. The Bertz CT molecular complexity index is 883. The largest absolute Gasteiger partial charge is 0.288 e. The van der Waals surface area contributed by atoms with E-state index in [9.17, 15) is 9.59 Å². The molecule has 0 fully saturated rings. The van der Waals surface area contributed by atoms with E-state index in [-0.39, 0.29) is 17.1 Å². The van der Waals surface area contributed by atoms with Gasteiger partial charge in [-0.3, -0.25) is 9.59 Å². The van der Waals surface area contributed by atoms with Gasteiger partial charge in [-0.1, -0.05) is 30.3 Å². The Morgan fingerprint density at radius 2 is 1.64 bits per heavy atom. The summed E-state index contributed by atoms with van der Waals surface area (Å²) < 4.78 is 0. The van der Waals surface area contributed by atoms with E-state index in [4.69, 9.17) is 0 Å². The van der Waals surface area contributed by atoms with Crippen molar-refractivity contribution in [3.8, 4) is 9.88 Å². The van der Waals surface area contributed by atoms with Gasteiger partial charge in [-0.25, -0.2) is 4.98 Å². The van der Waals surface area contributed by atoms with Crippen molar-refractivity contribution in [2.24, 2.45) is 0 Å². The third kappa shape index (κ3) is 2.06. The molecule has 0 N–H and O–H groups in total. The quantitative estimate of drug-likeness (QED) is 0.521. The van der Waals surface area contributed by atoms with Crippen molar-refractivity contribution in [3.63, 3.8) is 0 Å². The van der Waals surface area contributed by atoms with E-state index in [1.54, 1.807) is 41.7 Å². The van der Waals surface area contributed by atoms with Crippen molar-refractivity contribution in [2.75, 3.05) is 0 Å². The van der Waals surface area contributed by atoms with Crippen molar-refractivity contribution in [1.82, 2.24) is 4.98 Å². The van der Waals surface area contributed by atoms with Crippen LogP contribution in [0.2, 0.25) is 0 Å². The van der Waals surface area contributed by atoms with Gasteiger partial charge in [-0.15, -0.1) is 22.7 Å². The number of fused-ring (bicyclic) bond motifs is 1. The molecule has 2 heterocycles.